The third kappa shape index (κ3) is 3.56. The Labute approximate surface area is 196 Å². The molecule has 2 saturated heterocycles. The summed E-state index contributed by atoms with van der Waals surface area (Å²) in [5, 5.41) is 15.5. The smallest absolute Gasteiger partial charge is 0.321 e. The molecular formula is C24H26N8O2. The van der Waals surface area contributed by atoms with Gasteiger partial charge in [0.15, 0.2) is 11.5 Å². The zero-order valence-corrected chi connectivity index (χ0v) is 18.9. The average Bonchev–Trinajstić information content (AvgIpc) is 3.54. The number of rotatable bonds is 4. The first-order valence-corrected chi connectivity index (χ1v) is 11.6. The molecule has 2 amide bonds. The Morgan fingerprint density at radius 1 is 1.15 bits per heavy atom. The molecule has 6 rings (SSSR count). The average molecular weight is 459 g/mol. The topological polar surface area (TPSA) is 104 Å². The highest BCUT2D eigenvalue weighted by Crippen LogP contribution is 2.34. The summed E-state index contributed by atoms with van der Waals surface area (Å²) < 4.78 is 7.43. The molecule has 2 N–H and O–H groups in total. The van der Waals surface area contributed by atoms with Gasteiger partial charge in [-0.05, 0) is 42.7 Å². The van der Waals surface area contributed by atoms with Gasteiger partial charge in [0.05, 0.1) is 31.6 Å². The third-order valence-electron chi connectivity index (χ3n) is 6.47. The zero-order valence-electron chi connectivity index (χ0n) is 18.9. The van der Waals surface area contributed by atoms with E-state index in [0.29, 0.717) is 13.2 Å². The fraction of sp³-hybridized carbons (Fsp3) is 0.333. The van der Waals surface area contributed by atoms with Crippen LogP contribution in [0.1, 0.15) is 13.3 Å². The second-order valence-corrected chi connectivity index (χ2v) is 8.66. The van der Waals surface area contributed by atoms with E-state index in [4.69, 9.17) is 9.72 Å². The molecule has 1 atom stereocenters. The molecule has 3 aromatic heterocycles. The van der Waals surface area contributed by atoms with Crippen LogP contribution in [0.3, 0.4) is 0 Å². The molecule has 1 aromatic carbocycles. The Bertz CT molecular complexity index is 1320. The van der Waals surface area contributed by atoms with Gasteiger partial charge in [-0.25, -0.2) is 9.78 Å². The van der Waals surface area contributed by atoms with Crippen molar-refractivity contribution < 1.29 is 9.53 Å². The second kappa shape index (κ2) is 8.45. The van der Waals surface area contributed by atoms with Crippen LogP contribution in [0.15, 0.2) is 48.8 Å². The van der Waals surface area contributed by atoms with Gasteiger partial charge in [0.2, 0.25) is 0 Å². The normalized spacial score (nSPS) is 19.0. The van der Waals surface area contributed by atoms with Gasteiger partial charge in [-0.15, -0.1) is 0 Å². The largest absolute Gasteiger partial charge is 0.377 e. The van der Waals surface area contributed by atoms with Crippen LogP contribution in [-0.4, -0.2) is 69.9 Å². The van der Waals surface area contributed by atoms with Gasteiger partial charge >= 0.3 is 6.03 Å². The minimum atomic E-state index is -0.0465. The van der Waals surface area contributed by atoms with Crippen molar-refractivity contribution in [3.63, 3.8) is 0 Å². The fourth-order valence-corrected chi connectivity index (χ4v) is 4.68. The number of hydrogen-bond donors (Lipinski definition) is 2. The van der Waals surface area contributed by atoms with Crippen molar-refractivity contribution in [2.75, 3.05) is 42.6 Å². The summed E-state index contributed by atoms with van der Waals surface area (Å²) in [7, 11) is 0. The van der Waals surface area contributed by atoms with E-state index < -0.39 is 0 Å². The molecule has 0 radical (unpaired) electrons. The Balaban J connectivity index is 1.46. The number of urea groups is 1. The summed E-state index contributed by atoms with van der Waals surface area (Å²) >= 11 is 0. The van der Waals surface area contributed by atoms with Crippen LogP contribution in [0, 0.1) is 0 Å². The molecular weight excluding hydrogens is 432 g/mol. The lowest BCUT2D eigenvalue weighted by Crippen LogP contribution is -2.46. The molecule has 2 fully saturated rings. The minimum Gasteiger partial charge on any atom is -0.377 e. The molecule has 34 heavy (non-hydrogen) atoms. The van der Waals surface area contributed by atoms with E-state index in [9.17, 15) is 4.79 Å². The van der Waals surface area contributed by atoms with Crippen molar-refractivity contribution in [3.8, 4) is 16.9 Å². The van der Waals surface area contributed by atoms with Crippen molar-refractivity contribution in [1.82, 2.24) is 30.3 Å². The van der Waals surface area contributed by atoms with Gasteiger partial charge in [0, 0.05) is 36.8 Å². The number of H-pyrrole nitrogens is 1. The number of pyridine rings is 1. The maximum absolute atomic E-state index is 12.3. The Morgan fingerprint density at radius 3 is 2.79 bits per heavy atom. The van der Waals surface area contributed by atoms with Crippen LogP contribution in [-0.2, 0) is 4.74 Å². The minimum absolute atomic E-state index is 0.0465. The predicted molar refractivity (Wildman–Crippen MR) is 129 cm³/mol. The van der Waals surface area contributed by atoms with Crippen molar-refractivity contribution in [1.29, 1.82) is 0 Å². The van der Waals surface area contributed by atoms with Gasteiger partial charge in [0.1, 0.15) is 5.82 Å². The number of carbonyl (C=O) groups is 1. The number of morpholine rings is 1. The van der Waals surface area contributed by atoms with E-state index in [-0.39, 0.29) is 12.1 Å². The molecule has 0 unspecified atom stereocenters. The van der Waals surface area contributed by atoms with Gasteiger partial charge < -0.3 is 15.0 Å². The van der Waals surface area contributed by atoms with Gasteiger partial charge in [-0.3, -0.25) is 10.00 Å². The zero-order chi connectivity index (χ0) is 23.1. The molecule has 0 bridgehead atoms. The number of fused-ring (bicyclic) bond motifs is 1. The lowest BCUT2D eigenvalue weighted by atomic mass is 10.0. The summed E-state index contributed by atoms with van der Waals surface area (Å²) in [5.74, 6) is 1.64. The highest BCUT2D eigenvalue weighted by Gasteiger charge is 2.24. The van der Waals surface area contributed by atoms with Crippen LogP contribution >= 0.6 is 0 Å². The number of anilines is 2. The van der Waals surface area contributed by atoms with Gasteiger partial charge in [-0.1, -0.05) is 12.1 Å². The van der Waals surface area contributed by atoms with Gasteiger partial charge in [0.25, 0.3) is 0 Å². The van der Waals surface area contributed by atoms with Crippen LogP contribution in [0.5, 0.6) is 0 Å². The predicted octanol–water partition coefficient (Wildman–Crippen LogP) is 2.96. The standard InChI is InChI=1S/C24H26N8O2/c1-16-15-34-12-11-30(16)22-13-19(20-14-27-32(23(20)28-22)21-7-9-26-29-21)17-3-5-18(6-4-17)31-10-2-8-25-24(31)33/h3-7,9,13-14,16H,2,8,10-12,15H2,1H3,(H,25,33)(H,26,29)/t16-/m1/s1. The number of aromatic nitrogens is 5. The van der Waals surface area contributed by atoms with E-state index >= 15 is 0 Å². The third-order valence-corrected chi connectivity index (χ3v) is 6.47. The van der Waals surface area contributed by atoms with Gasteiger partial charge in [-0.2, -0.15) is 14.9 Å². The Kier molecular flexibility index (Phi) is 5.14. The molecule has 10 heteroatoms. The molecule has 10 nitrogen and oxygen atoms in total. The van der Waals surface area contributed by atoms with Crippen molar-refractivity contribution in [2.45, 2.75) is 19.4 Å². The van der Waals surface area contributed by atoms with Crippen LogP contribution in [0.2, 0.25) is 0 Å². The molecule has 2 aliphatic heterocycles. The number of aromatic amines is 1. The van der Waals surface area contributed by atoms with E-state index in [1.54, 1.807) is 15.8 Å². The maximum atomic E-state index is 12.3. The molecule has 0 aliphatic carbocycles. The lowest BCUT2D eigenvalue weighted by molar-refractivity contribution is 0.0985. The van der Waals surface area contributed by atoms with E-state index in [1.807, 2.05) is 24.4 Å². The summed E-state index contributed by atoms with van der Waals surface area (Å²) in [6.07, 6.45) is 4.48. The maximum Gasteiger partial charge on any atom is 0.321 e. The Hall–Kier alpha value is -3.92. The van der Waals surface area contributed by atoms with Crippen molar-refractivity contribution in [2.24, 2.45) is 0 Å². The fourth-order valence-electron chi connectivity index (χ4n) is 4.68. The summed E-state index contributed by atoms with van der Waals surface area (Å²) in [4.78, 5) is 21.3. The van der Waals surface area contributed by atoms with Crippen LogP contribution in [0.25, 0.3) is 28.0 Å². The first kappa shape index (κ1) is 20.7. The number of nitrogens with one attached hydrogen (secondary N) is 2. The quantitative estimate of drug-likeness (QED) is 0.487. The molecule has 174 valence electrons. The van der Waals surface area contributed by atoms with Crippen molar-refractivity contribution in [3.05, 3.63) is 48.8 Å². The summed E-state index contributed by atoms with van der Waals surface area (Å²) in [6, 6.07) is 12.3. The summed E-state index contributed by atoms with van der Waals surface area (Å²) in [6.45, 7) is 5.72. The number of hydrogen-bond acceptors (Lipinski definition) is 6. The molecule has 4 aromatic rings. The molecule has 2 aliphatic rings. The Morgan fingerprint density at radius 2 is 2.03 bits per heavy atom. The number of benzene rings is 1. The number of nitrogens with zero attached hydrogens (tertiary/aromatic N) is 6. The second-order valence-electron chi connectivity index (χ2n) is 8.66. The van der Waals surface area contributed by atoms with E-state index in [2.05, 4.69) is 50.6 Å². The molecule has 5 heterocycles. The number of carbonyl (C=O) groups excluding carboxylic acids is 1. The monoisotopic (exact) mass is 458 g/mol. The molecule has 0 saturated carbocycles. The first-order valence-electron chi connectivity index (χ1n) is 11.6. The van der Waals surface area contributed by atoms with Crippen LogP contribution < -0.4 is 15.1 Å². The number of amides is 2. The SMILES string of the molecule is C[C@@H]1COCCN1c1cc(-c2ccc(N3CCCNC3=O)cc2)c2cnn(-c3ccn[nH]3)c2n1. The lowest BCUT2D eigenvalue weighted by Gasteiger charge is -2.34. The molecule has 0 spiro atoms. The highest BCUT2D eigenvalue weighted by atomic mass is 16.5. The summed E-state index contributed by atoms with van der Waals surface area (Å²) in [5.41, 5.74) is 3.73. The number of ether oxygens (including phenoxy) is 1. The van der Waals surface area contributed by atoms with Crippen molar-refractivity contribution >= 4 is 28.6 Å². The van der Waals surface area contributed by atoms with Crippen LogP contribution in [0.4, 0.5) is 16.3 Å². The highest BCUT2D eigenvalue weighted by molar-refractivity contribution is 5.96. The van der Waals surface area contributed by atoms with E-state index in [0.717, 1.165) is 65.5 Å². The van der Waals surface area contributed by atoms with E-state index in [1.165, 1.54) is 0 Å². The first-order chi connectivity index (χ1) is 16.7.